The predicted octanol–water partition coefficient (Wildman–Crippen LogP) is 1.54. The van der Waals surface area contributed by atoms with Crippen LogP contribution in [-0.2, 0) is 0 Å². The number of likely N-dealkylation sites (N-methyl/N-ethyl adjacent to an activating group) is 2. The van der Waals surface area contributed by atoms with Crippen molar-refractivity contribution in [2.45, 2.75) is 64.1 Å². The van der Waals surface area contributed by atoms with Crippen molar-refractivity contribution >= 4 is 0 Å². The maximum atomic E-state index is 9.81. The number of aliphatic hydroxyl groups excluding tert-OH is 1. The van der Waals surface area contributed by atoms with E-state index in [1.165, 1.54) is 6.42 Å². The largest absolute Gasteiger partial charge is 0.394 e. The van der Waals surface area contributed by atoms with E-state index in [2.05, 4.69) is 50.0 Å². The molecule has 0 aromatic carbocycles. The van der Waals surface area contributed by atoms with Crippen molar-refractivity contribution in [3.05, 3.63) is 0 Å². The maximum Gasteiger partial charge on any atom is 0.0613 e. The van der Waals surface area contributed by atoms with E-state index in [9.17, 15) is 5.11 Å². The van der Waals surface area contributed by atoms with Gasteiger partial charge < -0.3 is 15.3 Å². The molecule has 0 aromatic heterocycles. The summed E-state index contributed by atoms with van der Waals surface area (Å²) in [4.78, 5) is 4.88. The highest BCUT2D eigenvalue weighted by Gasteiger charge is 2.40. The second-order valence-corrected chi connectivity index (χ2v) is 6.70. The van der Waals surface area contributed by atoms with Crippen LogP contribution in [0.3, 0.4) is 0 Å². The standard InChI is InChI=1S/C16H35N3O/c1-6-10-17-16(13-20)9-8-15(11-16)19(7-2)14(3)12-18(4)5/h14-15,17,20H,6-13H2,1-5H3. The maximum absolute atomic E-state index is 9.81. The van der Waals surface area contributed by atoms with Gasteiger partial charge in [0.1, 0.15) is 0 Å². The Hall–Kier alpha value is -0.160. The fourth-order valence-electron chi connectivity index (χ4n) is 3.69. The number of hydrogen-bond donors (Lipinski definition) is 2. The van der Waals surface area contributed by atoms with Crippen molar-refractivity contribution in [1.82, 2.24) is 15.1 Å². The first-order valence-corrected chi connectivity index (χ1v) is 8.24. The first kappa shape index (κ1) is 17.9. The molecule has 2 N–H and O–H groups in total. The van der Waals surface area contributed by atoms with Crippen LogP contribution in [0.1, 0.15) is 46.5 Å². The molecule has 0 aromatic rings. The van der Waals surface area contributed by atoms with Gasteiger partial charge in [0.2, 0.25) is 0 Å². The summed E-state index contributed by atoms with van der Waals surface area (Å²) in [5, 5.41) is 13.4. The minimum absolute atomic E-state index is 0.0358. The molecule has 1 saturated carbocycles. The normalized spacial score (nSPS) is 28.5. The number of nitrogens with one attached hydrogen (secondary N) is 1. The highest BCUT2D eigenvalue weighted by atomic mass is 16.3. The van der Waals surface area contributed by atoms with E-state index in [1.54, 1.807) is 0 Å². The van der Waals surface area contributed by atoms with Gasteiger partial charge in [-0.1, -0.05) is 13.8 Å². The molecule has 1 aliphatic rings. The zero-order valence-corrected chi connectivity index (χ0v) is 14.2. The van der Waals surface area contributed by atoms with Crippen LogP contribution in [0.2, 0.25) is 0 Å². The molecule has 0 bridgehead atoms. The Morgan fingerprint density at radius 2 is 2.05 bits per heavy atom. The van der Waals surface area contributed by atoms with E-state index in [1.807, 2.05) is 0 Å². The number of hydrogen-bond acceptors (Lipinski definition) is 4. The lowest BCUT2D eigenvalue weighted by Crippen LogP contribution is -2.50. The van der Waals surface area contributed by atoms with Gasteiger partial charge in [0.25, 0.3) is 0 Å². The number of rotatable bonds is 9. The topological polar surface area (TPSA) is 38.7 Å². The third-order valence-corrected chi connectivity index (χ3v) is 4.66. The third kappa shape index (κ3) is 4.69. The van der Waals surface area contributed by atoms with Crippen molar-refractivity contribution < 1.29 is 5.11 Å². The fourth-order valence-corrected chi connectivity index (χ4v) is 3.69. The zero-order valence-electron chi connectivity index (χ0n) is 14.2. The van der Waals surface area contributed by atoms with Crippen LogP contribution in [0.4, 0.5) is 0 Å². The first-order chi connectivity index (χ1) is 9.48. The van der Waals surface area contributed by atoms with E-state index in [0.29, 0.717) is 12.1 Å². The summed E-state index contributed by atoms with van der Waals surface area (Å²) in [6, 6.07) is 1.17. The summed E-state index contributed by atoms with van der Waals surface area (Å²) in [5.74, 6) is 0. The zero-order chi connectivity index (χ0) is 15.2. The Labute approximate surface area is 125 Å². The van der Waals surface area contributed by atoms with Crippen molar-refractivity contribution in [2.24, 2.45) is 0 Å². The molecular formula is C16H35N3O. The fraction of sp³-hybridized carbons (Fsp3) is 1.00. The summed E-state index contributed by atoms with van der Waals surface area (Å²) in [5.41, 5.74) is -0.0358. The Bertz CT molecular complexity index is 272. The summed E-state index contributed by atoms with van der Waals surface area (Å²) in [6.45, 7) is 10.2. The van der Waals surface area contributed by atoms with Gasteiger partial charge in [0.05, 0.1) is 6.61 Å². The summed E-state index contributed by atoms with van der Waals surface area (Å²) in [6.07, 6.45) is 4.50. The SMILES string of the molecule is CCCNC1(CO)CCC(N(CC)C(C)CN(C)C)C1. The van der Waals surface area contributed by atoms with Gasteiger partial charge in [-0.15, -0.1) is 0 Å². The lowest BCUT2D eigenvalue weighted by Gasteiger charge is -2.36. The van der Waals surface area contributed by atoms with Crippen molar-refractivity contribution in [3.8, 4) is 0 Å². The molecule has 0 heterocycles. The van der Waals surface area contributed by atoms with E-state index < -0.39 is 0 Å². The second kappa shape index (κ2) is 8.32. The van der Waals surface area contributed by atoms with E-state index in [-0.39, 0.29) is 12.1 Å². The molecule has 4 heteroatoms. The van der Waals surface area contributed by atoms with E-state index >= 15 is 0 Å². The molecular weight excluding hydrogens is 250 g/mol. The second-order valence-electron chi connectivity index (χ2n) is 6.70. The van der Waals surface area contributed by atoms with Crippen LogP contribution in [0.15, 0.2) is 0 Å². The van der Waals surface area contributed by atoms with Crippen LogP contribution in [0.25, 0.3) is 0 Å². The summed E-state index contributed by atoms with van der Waals surface area (Å²) >= 11 is 0. The van der Waals surface area contributed by atoms with Crippen molar-refractivity contribution in [1.29, 1.82) is 0 Å². The minimum Gasteiger partial charge on any atom is -0.394 e. The van der Waals surface area contributed by atoms with Crippen LogP contribution in [-0.4, -0.2) is 72.9 Å². The average molecular weight is 285 g/mol. The molecule has 0 saturated heterocycles. The Morgan fingerprint density at radius 3 is 2.55 bits per heavy atom. The molecule has 3 atom stereocenters. The van der Waals surface area contributed by atoms with Crippen LogP contribution < -0.4 is 5.32 Å². The number of aliphatic hydroxyl groups is 1. The van der Waals surface area contributed by atoms with Gasteiger partial charge >= 0.3 is 0 Å². The minimum atomic E-state index is -0.0358. The third-order valence-electron chi connectivity index (χ3n) is 4.66. The van der Waals surface area contributed by atoms with E-state index in [0.717, 1.165) is 38.9 Å². The highest BCUT2D eigenvalue weighted by Crippen LogP contribution is 2.33. The van der Waals surface area contributed by atoms with Gasteiger partial charge in [-0.05, 0) is 59.8 Å². The van der Waals surface area contributed by atoms with Crippen LogP contribution >= 0.6 is 0 Å². The molecule has 1 aliphatic carbocycles. The average Bonchev–Trinajstić information content (AvgIpc) is 2.81. The van der Waals surface area contributed by atoms with Gasteiger partial charge in [-0.25, -0.2) is 0 Å². The van der Waals surface area contributed by atoms with Gasteiger partial charge in [0, 0.05) is 24.2 Å². The predicted molar refractivity (Wildman–Crippen MR) is 86.1 cm³/mol. The highest BCUT2D eigenvalue weighted by molar-refractivity contribution is 5.00. The molecule has 4 nitrogen and oxygen atoms in total. The Kier molecular flexibility index (Phi) is 7.45. The molecule has 0 aliphatic heterocycles. The smallest absolute Gasteiger partial charge is 0.0613 e. The van der Waals surface area contributed by atoms with Gasteiger partial charge in [-0.3, -0.25) is 4.90 Å². The molecule has 120 valence electrons. The lowest BCUT2D eigenvalue weighted by atomic mass is 9.98. The molecule has 1 fully saturated rings. The Balaban J connectivity index is 2.62. The molecule has 0 amide bonds. The summed E-state index contributed by atoms with van der Waals surface area (Å²) < 4.78 is 0. The summed E-state index contributed by atoms with van der Waals surface area (Å²) in [7, 11) is 4.28. The quantitative estimate of drug-likeness (QED) is 0.674. The molecule has 3 unspecified atom stereocenters. The molecule has 20 heavy (non-hydrogen) atoms. The first-order valence-electron chi connectivity index (χ1n) is 8.24. The van der Waals surface area contributed by atoms with Crippen molar-refractivity contribution in [2.75, 3.05) is 40.3 Å². The van der Waals surface area contributed by atoms with E-state index in [4.69, 9.17) is 0 Å². The van der Waals surface area contributed by atoms with Crippen molar-refractivity contribution in [3.63, 3.8) is 0 Å². The monoisotopic (exact) mass is 285 g/mol. The van der Waals surface area contributed by atoms with Gasteiger partial charge in [0.15, 0.2) is 0 Å². The molecule has 0 spiro atoms. The molecule has 0 radical (unpaired) electrons. The lowest BCUT2D eigenvalue weighted by molar-refractivity contribution is 0.110. The molecule has 1 rings (SSSR count). The Morgan fingerprint density at radius 1 is 1.35 bits per heavy atom. The van der Waals surface area contributed by atoms with Gasteiger partial charge in [-0.2, -0.15) is 0 Å². The van der Waals surface area contributed by atoms with Crippen LogP contribution in [0.5, 0.6) is 0 Å². The number of nitrogens with zero attached hydrogens (tertiary/aromatic N) is 2. The van der Waals surface area contributed by atoms with Crippen LogP contribution in [0, 0.1) is 0 Å².